The number of hydrogen-bond donors (Lipinski definition) is 1. The molecule has 1 atom stereocenters. The van der Waals surface area contributed by atoms with Crippen LogP contribution in [-0.4, -0.2) is 17.2 Å². The molecule has 100 valence electrons. The van der Waals surface area contributed by atoms with Crippen molar-refractivity contribution in [3.63, 3.8) is 0 Å². The molecule has 4 heteroatoms. The Labute approximate surface area is 117 Å². The van der Waals surface area contributed by atoms with E-state index in [0.29, 0.717) is 11.6 Å². The third kappa shape index (κ3) is 3.46. The number of pyridine rings is 1. The smallest absolute Gasteiger partial charge is 0.129 e. The minimum atomic E-state index is -0.625. The van der Waals surface area contributed by atoms with Gasteiger partial charge in [0.2, 0.25) is 0 Å². The Kier molecular flexibility index (Phi) is 4.40. The van der Waals surface area contributed by atoms with Crippen LogP contribution >= 0.6 is 11.6 Å². The van der Waals surface area contributed by atoms with Crippen molar-refractivity contribution < 1.29 is 9.84 Å². The fourth-order valence-corrected chi connectivity index (χ4v) is 2.09. The molecule has 1 unspecified atom stereocenters. The van der Waals surface area contributed by atoms with Gasteiger partial charge in [0, 0.05) is 12.6 Å². The van der Waals surface area contributed by atoms with Crippen molar-refractivity contribution in [3.05, 3.63) is 58.4 Å². The lowest BCUT2D eigenvalue weighted by Crippen LogP contribution is -2.04. The maximum Gasteiger partial charge on any atom is 0.129 e. The zero-order valence-corrected chi connectivity index (χ0v) is 11.7. The average Bonchev–Trinajstić information content (AvgIpc) is 2.39. The third-order valence-electron chi connectivity index (χ3n) is 2.98. The summed E-state index contributed by atoms with van der Waals surface area (Å²) in [6.45, 7) is 2.01. The molecule has 0 aliphatic rings. The molecule has 19 heavy (non-hydrogen) atoms. The van der Waals surface area contributed by atoms with Crippen LogP contribution < -0.4 is 4.74 Å². The van der Waals surface area contributed by atoms with E-state index < -0.39 is 6.10 Å². The lowest BCUT2D eigenvalue weighted by Gasteiger charge is -2.14. The Hall–Kier alpha value is -1.58. The summed E-state index contributed by atoms with van der Waals surface area (Å²) in [5, 5.41) is 10.7. The van der Waals surface area contributed by atoms with Crippen LogP contribution in [0.2, 0.25) is 5.15 Å². The molecule has 0 saturated carbocycles. The highest BCUT2D eigenvalue weighted by Crippen LogP contribution is 2.26. The van der Waals surface area contributed by atoms with Crippen LogP contribution in [0.1, 0.15) is 22.8 Å². The summed E-state index contributed by atoms with van der Waals surface area (Å²) in [4.78, 5) is 3.98. The minimum absolute atomic E-state index is 0.420. The van der Waals surface area contributed by atoms with Crippen LogP contribution in [0.15, 0.2) is 36.5 Å². The molecular formula is C15H16ClNO2. The van der Waals surface area contributed by atoms with Gasteiger partial charge in [0.05, 0.1) is 13.2 Å². The maximum absolute atomic E-state index is 10.2. The summed E-state index contributed by atoms with van der Waals surface area (Å²) in [7, 11) is 1.63. The van der Waals surface area contributed by atoms with Crippen LogP contribution in [0.5, 0.6) is 5.75 Å². The van der Waals surface area contributed by atoms with Gasteiger partial charge in [-0.2, -0.15) is 0 Å². The van der Waals surface area contributed by atoms with Gasteiger partial charge in [0.15, 0.2) is 0 Å². The Morgan fingerprint density at radius 1 is 1.32 bits per heavy atom. The summed E-state index contributed by atoms with van der Waals surface area (Å²) in [6, 6.07) is 9.37. The molecule has 1 aromatic carbocycles. The normalized spacial score (nSPS) is 12.2. The number of aliphatic hydroxyl groups is 1. The Balaban J connectivity index is 2.20. The highest BCUT2D eigenvalue weighted by Gasteiger charge is 2.12. The third-order valence-corrected chi connectivity index (χ3v) is 3.21. The number of aryl methyl sites for hydroxylation is 1. The fourth-order valence-electron chi connectivity index (χ4n) is 1.98. The number of rotatable bonds is 4. The van der Waals surface area contributed by atoms with Crippen molar-refractivity contribution in [2.24, 2.45) is 0 Å². The fraction of sp³-hybridized carbons (Fsp3) is 0.267. The van der Waals surface area contributed by atoms with Gasteiger partial charge in [-0.15, -0.1) is 0 Å². The van der Waals surface area contributed by atoms with Crippen molar-refractivity contribution in [3.8, 4) is 5.75 Å². The first-order chi connectivity index (χ1) is 9.10. The van der Waals surface area contributed by atoms with E-state index in [1.54, 1.807) is 25.4 Å². The molecule has 0 aliphatic heterocycles. The topological polar surface area (TPSA) is 42.4 Å². The molecule has 0 fully saturated rings. The molecule has 0 radical (unpaired) electrons. The van der Waals surface area contributed by atoms with E-state index in [2.05, 4.69) is 4.98 Å². The Morgan fingerprint density at radius 2 is 2.11 bits per heavy atom. The van der Waals surface area contributed by atoms with Crippen molar-refractivity contribution >= 4 is 11.6 Å². The van der Waals surface area contributed by atoms with Crippen molar-refractivity contribution in [2.75, 3.05) is 7.11 Å². The van der Waals surface area contributed by atoms with Gasteiger partial charge in [0.1, 0.15) is 10.9 Å². The maximum atomic E-state index is 10.2. The van der Waals surface area contributed by atoms with Crippen LogP contribution in [0, 0.1) is 6.92 Å². The summed E-state index contributed by atoms with van der Waals surface area (Å²) in [6.07, 6.45) is 1.45. The molecule has 0 amide bonds. The van der Waals surface area contributed by atoms with Crippen LogP contribution in [0.4, 0.5) is 0 Å². The molecule has 0 spiro atoms. The number of aromatic nitrogens is 1. The molecule has 1 N–H and O–H groups in total. The first-order valence-corrected chi connectivity index (χ1v) is 6.41. The van der Waals surface area contributed by atoms with Gasteiger partial charge in [-0.1, -0.05) is 35.4 Å². The summed E-state index contributed by atoms with van der Waals surface area (Å²) >= 11 is 5.73. The number of methoxy groups -OCH3 is 1. The molecule has 0 saturated heterocycles. The summed E-state index contributed by atoms with van der Waals surface area (Å²) < 4.78 is 5.31. The average molecular weight is 278 g/mol. The second-order valence-electron chi connectivity index (χ2n) is 4.45. The van der Waals surface area contributed by atoms with Crippen molar-refractivity contribution in [1.82, 2.24) is 4.98 Å². The Morgan fingerprint density at radius 3 is 2.74 bits per heavy atom. The SMILES string of the molecule is COc1ccc(C)cc1CC(O)c1ccc(Cl)nc1. The molecular weight excluding hydrogens is 262 g/mol. The van der Waals surface area contributed by atoms with E-state index in [1.165, 1.54) is 0 Å². The molecule has 3 nitrogen and oxygen atoms in total. The Bertz CT molecular complexity index is 555. The summed E-state index contributed by atoms with van der Waals surface area (Å²) in [5.41, 5.74) is 2.86. The predicted molar refractivity (Wildman–Crippen MR) is 75.6 cm³/mol. The molecule has 1 heterocycles. The second kappa shape index (κ2) is 6.04. The van der Waals surface area contributed by atoms with Gasteiger partial charge in [-0.25, -0.2) is 4.98 Å². The van der Waals surface area contributed by atoms with Crippen LogP contribution in [0.3, 0.4) is 0 Å². The number of halogens is 1. The van der Waals surface area contributed by atoms with Crippen molar-refractivity contribution in [1.29, 1.82) is 0 Å². The molecule has 2 aromatic rings. The van der Waals surface area contributed by atoms with Crippen LogP contribution in [-0.2, 0) is 6.42 Å². The van der Waals surface area contributed by atoms with Gasteiger partial charge >= 0.3 is 0 Å². The lowest BCUT2D eigenvalue weighted by molar-refractivity contribution is 0.177. The number of aliphatic hydroxyl groups excluding tert-OH is 1. The molecule has 2 rings (SSSR count). The molecule has 1 aromatic heterocycles. The summed E-state index contributed by atoms with van der Waals surface area (Å²) in [5.74, 6) is 0.784. The largest absolute Gasteiger partial charge is 0.496 e. The van der Waals surface area contributed by atoms with E-state index in [1.807, 2.05) is 25.1 Å². The highest BCUT2D eigenvalue weighted by molar-refractivity contribution is 6.29. The van der Waals surface area contributed by atoms with Gasteiger partial charge in [-0.05, 0) is 30.2 Å². The van der Waals surface area contributed by atoms with E-state index >= 15 is 0 Å². The van der Waals surface area contributed by atoms with Gasteiger partial charge in [-0.3, -0.25) is 0 Å². The number of nitrogens with zero attached hydrogens (tertiary/aromatic N) is 1. The quantitative estimate of drug-likeness (QED) is 0.872. The molecule has 0 aliphatic carbocycles. The van der Waals surface area contributed by atoms with E-state index in [-0.39, 0.29) is 0 Å². The van der Waals surface area contributed by atoms with Crippen LogP contribution in [0.25, 0.3) is 0 Å². The monoisotopic (exact) mass is 277 g/mol. The lowest BCUT2D eigenvalue weighted by atomic mass is 10.0. The van der Waals surface area contributed by atoms with Gasteiger partial charge in [0.25, 0.3) is 0 Å². The zero-order valence-electron chi connectivity index (χ0n) is 10.9. The molecule has 0 bridgehead atoms. The van der Waals surface area contributed by atoms with Gasteiger partial charge < -0.3 is 9.84 Å². The first kappa shape index (κ1) is 13.8. The van der Waals surface area contributed by atoms with E-state index in [9.17, 15) is 5.11 Å². The number of hydrogen-bond acceptors (Lipinski definition) is 3. The minimum Gasteiger partial charge on any atom is -0.496 e. The number of benzene rings is 1. The highest BCUT2D eigenvalue weighted by atomic mass is 35.5. The number of ether oxygens (including phenoxy) is 1. The second-order valence-corrected chi connectivity index (χ2v) is 4.84. The zero-order chi connectivity index (χ0) is 13.8. The van der Waals surface area contributed by atoms with Crippen molar-refractivity contribution in [2.45, 2.75) is 19.4 Å². The van der Waals surface area contributed by atoms with E-state index in [4.69, 9.17) is 16.3 Å². The standard InChI is InChI=1S/C15H16ClNO2/c1-10-3-5-14(19-2)12(7-10)8-13(18)11-4-6-15(16)17-9-11/h3-7,9,13,18H,8H2,1-2H3. The van der Waals surface area contributed by atoms with E-state index in [0.717, 1.165) is 22.4 Å². The first-order valence-electron chi connectivity index (χ1n) is 6.03. The predicted octanol–water partition coefficient (Wildman–Crippen LogP) is 3.33.